The minimum atomic E-state index is 0.193. The Morgan fingerprint density at radius 3 is 2.55 bits per heavy atom. The van der Waals surface area contributed by atoms with Gasteiger partial charge in [-0.15, -0.1) is 0 Å². The van der Waals surface area contributed by atoms with E-state index in [1.807, 2.05) is 0 Å². The minimum Gasteiger partial charge on any atom is -0.369 e. The summed E-state index contributed by atoms with van der Waals surface area (Å²) in [5.74, 6) is 0.193. The van der Waals surface area contributed by atoms with Gasteiger partial charge in [0.25, 0.3) is 0 Å². The van der Waals surface area contributed by atoms with Gasteiger partial charge in [0, 0.05) is 44.3 Å². The molecule has 0 unspecified atom stereocenters. The van der Waals surface area contributed by atoms with E-state index >= 15 is 0 Å². The van der Waals surface area contributed by atoms with Crippen molar-refractivity contribution in [2.45, 2.75) is 31.7 Å². The van der Waals surface area contributed by atoms with Crippen LogP contribution in [0, 0.1) is 0 Å². The molecule has 1 aromatic rings. The zero-order valence-corrected chi connectivity index (χ0v) is 11.9. The Morgan fingerprint density at radius 1 is 1.20 bits per heavy atom. The Bertz CT molecular complexity index is 447. The molecule has 1 aromatic carbocycles. The number of hydrogen-bond donors (Lipinski definition) is 2. The molecule has 2 aliphatic rings. The van der Waals surface area contributed by atoms with Gasteiger partial charge in [0.1, 0.15) is 0 Å². The molecular weight excluding hydrogens is 250 g/mol. The van der Waals surface area contributed by atoms with Gasteiger partial charge in [-0.2, -0.15) is 0 Å². The van der Waals surface area contributed by atoms with Crippen LogP contribution in [0.5, 0.6) is 0 Å². The molecule has 1 heterocycles. The molecule has 1 aliphatic carbocycles. The van der Waals surface area contributed by atoms with Gasteiger partial charge >= 0.3 is 0 Å². The Labute approximate surface area is 120 Å². The number of nitrogens with one attached hydrogen (secondary N) is 2. The van der Waals surface area contributed by atoms with E-state index in [0.717, 1.165) is 45.4 Å². The number of hydrogen-bond acceptors (Lipinski definition) is 3. The fraction of sp³-hybridized carbons (Fsp3) is 0.562. The summed E-state index contributed by atoms with van der Waals surface area (Å²) < 4.78 is 0. The van der Waals surface area contributed by atoms with E-state index in [-0.39, 0.29) is 5.91 Å². The molecule has 1 saturated carbocycles. The third-order valence-corrected chi connectivity index (χ3v) is 4.00. The molecule has 0 radical (unpaired) electrons. The highest BCUT2D eigenvalue weighted by molar-refractivity contribution is 5.76. The summed E-state index contributed by atoms with van der Waals surface area (Å²) >= 11 is 0. The number of carbonyl (C=O) groups is 1. The van der Waals surface area contributed by atoms with Crippen LogP contribution < -0.4 is 15.5 Å². The van der Waals surface area contributed by atoms with Crippen LogP contribution in [0.1, 0.15) is 24.8 Å². The average Bonchev–Trinajstić information content (AvgIpc) is 3.31. The fourth-order valence-electron chi connectivity index (χ4n) is 2.58. The summed E-state index contributed by atoms with van der Waals surface area (Å²) in [6, 6.07) is 9.14. The number of anilines is 1. The second kappa shape index (κ2) is 6.27. The maximum absolute atomic E-state index is 11.7. The van der Waals surface area contributed by atoms with Crippen molar-refractivity contribution in [3.05, 3.63) is 29.8 Å². The predicted molar refractivity (Wildman–Crippen MR) is 81.0 cm³/mol. The number of benzene rings is 1. The zero-order valence-electron chi connectivity index (χ0n) is 11.9. The largest absolute Gasteiger partial charge is 0.369 e. The molecule has 3 rings (SSSR count). The standard InChI is InChI=1S/C16H23N3O/c20-16(18-14-4-5-14)8-3-13-1-6-15(7-2-13)19-11-9-17-10-12-19/h1-2,6-7,14,17H,3-5,8-12H2,(H,18,20). The van der Waals surface area contributed by atoms with Crippen molar-refractivity contribution in [3.8, 4) is 0 Å². The third kappa shape index (κ3) is 3.73. The Morgan fingerprint density at radius 2 is 1.90 bits per heavy atom. The minimum absolute atomic E-state index is 0.193. The van der Waals surface area contributed by atoms with Gasteiger partial charge in [0.2, 0.25) is 5.91 Å². The van der Waals surface area contributed by atoms with E-state index in [0.29, 0.717) is 12.5 Å². The van der Waals surface area contributed by atoms with Crippen molar-refractivity contribution >= 4 is 11.6 Å². The van der Waals surface area contributed by atoms with Crippen LogP contribution in [0.15, 0.2) is 24.3 Å². The lowest BCUT2D eigenvalue weighted by atomic mass is 10.1. The zero-order chi connectivity index (χ0) is 13.8. The van der Waals surface area contributed by atoms with Crippen molar-refractivity contribution in [1.82, 2.24) is 10.6 Å². The molecule has 1 amide bonds. The Balaban J connectivity index is 1.48. The molecule has 0 aromatic heterocycles. The number of rotatable bonds is 5. The van der Waals surface area contributed by atoms with Gasteiger partial charge < -0.3 is 15.5 Å². The van der Waals surface area contributed by atoms with Crippen molar-refractivity contribution < 1.29 is 4.79 Å². The average molecular weight is 273 g/mol. The molecule has 2 N–H and O–H groups in total. The van der Waals surface area contributed by atoms with Crippen LogP contribution >= 0.6 is 0 Å². The first-order valence-corrected chi connectivity index (χ1v) is 7.65. The van der Waals surface area contributed by atoms with Gasteiger partial charge in [0.15, 0.2) is 0 Å². The number of carbonyl (C=O) groups excluding carboxylic acids is 1. The molecule has 0 atom stereocenters. The molecule has 0 bridgehead atoms. The lowest BCUT2D eigenvalue weighted by Gasteiger charge is -2.29. The first kappa shape index (κ1) is 13.4. The fourth-order valence-corrected chi connectivity index (χ4v) is 2.58. The highest BCUT2D eigenvalue weighted by atomic mass is 16.1. The molecule has 4 nitrogen and oxygen atoms in total. The van der Waals surface area contributed by atoms with Crippen LogP contribution in [0.4, 0.5) is 5.69 Å². The van der Waals surface area contributed by atoms with Crippen LogP contribution in [-0.4, -0.2) is 38.1 Å². The topological polar surface area (TPSA) is 44.4 Å². The van der Waals surface area contributed by atoms with Gasteiger partial charge in [0.05, 0.1) is 0 Å². The van der Waals surface area contributed by atoms with Gasteiger partial charge in [-0.1, -0.05) is 12.1 Å². The smallest absolute Gasteiger partial charge is 0.220 e. The van der Waals surface area contributed by atoms with Gasteiger partial charge in [-0.25, -0.2) is 0 Å². The summed E-state index contributed by atoms with van der Waals surface area (Å²) in [5.41, 5.74) is 2.53. The van der Waals surface area contributed by atoms with Crippen LogP contribution in [0.25, 0.3) is 0 Å². The Kier molecular flexibility index (Phi) is 4.21. The number of amides is 1. The first-order valence-electron chi connectivity index (χ1n) is 7.65. The third-order valence-electron chi connectivity index (χ3n) is 4.00. The van der Waals surface area contributed by atoms with Crippen LogP contribution in [-0.2, 0) is 11.2 Å². The predicted octanol–water partition coefficient (Wildman–Crippen LogP) is 1.31. The van der Waals surface area contributed by atoms with Crippen LogP contribution in [0.2, 0.25) is 0 Å². The van der Waals surface area contributed by atoms with E-state index in [2.05, 4.69) is 39.8 Å². The molecule has 2 fully saturated rings. The first-order chi connectivity index (χ1) is 9.81. The van der Waals surface area contributed by atoms with E-state index in [9.17, 15) is 4.79 Å². The Hall–Kier alpha value is -1.55. The normalized spacial score (nSPS) is 18.9. The maximum Gasteiger partial charge on any atom is 0.220 e. The lowest BCUT2D eigenvalue weighted by Crippen LogP contribution is -2.43. The van der Waals surface area contributed by atoms with E-state index < -0.39 is 0 Å². The highest BCUT2D eigenvalue weighted by Gasteiger charge is 2.22. The summed E-state index contributed by atoms with van der Waals surface area (Å²) in [5, 5.41) is 6.40. The van der Waals surface area contributed by atoms with Crippen molar-refractivity contribution in [2.24, 2.45) is 0 Å². The van der Waals surface area contributed by atoms with E-state index in [4.69, 9.17) is 0 Å². The lowest BCUT2D eigenvalue weighted by molar-refractivity contribution is -0.121. The number of nitrogens with zero attached hydrogens (tertiary/aromatic N) is 1. The second-order valence-corrected chi connectivity index (χ2v) is 5.75. The molecular formula is C16H23N3O. The van der Waals surface area contributed by atoms with E-state index in [1.165, 1.54) is 11.3 Å². The van der Waals surface area contributed by atoms with E-state index in [1.54, 1.807) is 0 Å². The van der Waals surface area contributed by atoms with Crippen molar-refractivity contribution in [2.75, 3.05) is 31.1 Å². The molecule has 4 heteroatoms. The monoisotopic (exact) mass is 273 g/mol. The molecule has 1 aliphatic heterocycles. The molecule has 0 spiro atoms. The van der Waals surface area contributed by atoms with Crippen molar-refractivity contribution in [3.63, 3.8) is 0 Å². The van der Waals surface area contributed by atoms with Gasteiger partial charge in [-0.05, 0) is 37.0 Å². The van der Waals surface area contributed by atoms with Crippen LogP contribution in [0.3, 0.4) is 0 Å². The summed E-state index contributed by atoms with van der Waals surface area (Å²) in [6.45, 7) is 4.26. The maximum atomic E-state index is 11.7. The quantitative estimate of drug-likeness (QED) is 0.850. The van der Waals surface area contributed by atoms with Gasteiger partial charge in [-0.3, -0.25) is 4.79 Å². The van der Waals surface area contributed by atoms with Crippen molar-refractivity contribution in [1.29, 1.82) is 0 Å². The summed E-state index contributed by atoms with van der Waals surface area (Å²) in [7, 11) is 0. The summed E-state index contributed by atoms with van der Waals surface area (Å²) in [6.07, 6.45) is 3.75. The highest BCUT2D eigenvalue weighted by Crippen LogP contribution is 2.19. The second-order valence-electron chi connectivity index (χ2n) is 5.75. The molecule has 108 valence electrons. The SMILES string of the molecule is O=C(CCc1ccc(N2CCNCC2)cc1)NC1CC1. The summed E-state index contributed by atoms with van der Waals surface area (Å²) in [4.78, 5) is 14.1. The molecule has 20 heavy (non-hydrogen) atoms. The number of aryl methyl sites for hydroxylation is 1. The number of piperazine rings is 1. The molecule has 1 saturated heterocycles.